The van der Waals surface area contributed by atoms with Gasteiger partial charge in [-0.1, -0.05) is 0 Å². The van der Waals surface area contributed by atoms with Crippen molar-refractivity contribution in [2.45, 2.75) is 12.8 Å². The van der Waals surface area contributed by atoms with Crippen LogP contribution in [0, 0.1) is 0 Å². The van der Waals surface area contributed by atoms with Crippen molar-refractivity contribution in [2.75, 3.05) is 39.3 Å². The quantitative estimate of drug-likeness (QED) is 0.176. The number of carboxylic acid groups (broad SMARTS) is 4. The van der Waals surface area contributed by atoms with Crippen LogP contribution in [0.5, 0.6) is 0 Å². The Balaban J connectivity index is 0.000000749. The number of hydrogen-bond donors (Lipinski definition) is 5. The molecule has 5 N–H and O–H groups in total. The lowest BCUT2D eigenvalue weighted by atomic mass is 10.4. The molecule has 158 valence electrons. The number of aliphatic carboxylic acids is 4. The zero-order valence-corrected chi connectivity index (χ0v) is 14.7. The van der Waals surface area contributed by atoms with E-state index in [4.69, 9.17) is 25.6 Å². The van der Waals surface area contributed by atoms with Crippen molar-refractivity contribution in [1.82, 2.24) is 14.9 Å². The molecule has 0 aromatic rings. The Morgan fingerprint density at radius 3 is 1.07 bits per heavy atom. The molecule has 1 heterocycles. The Bertz CT molecular complexity index is 538. The first-order chi connectivity index (χ1) is 12.9. The van der Waals surface area contributed by atoms with E-state index in [-0.39, 0.29) is 31.0 Å². The van der Waals surface area contributed by atoms with Gasteiger partial charge in [0.05, 0.1) is 26.2 Å². The van der Waals surface area contributed by atoms with E-state index in [2.05, 4.69) is 0 Å². The van der Waals surface area contributed by atoms with Crippen molar-refractivity contribution in [1.29, 1.82) is 0 Å². The Morgan fingerprint density at radius 1 is 0.679 bits per heavy atom. The third kappa shape index (κ3) is 11.5. The minimum atomic E-state index is -1.23. The third-order valence-corrected chi connectivity index (χ3v) is 3.19. The standard InChI is InChI=1S/C10H16N2O8.C4H5NO3/c13-7(14)3-11(4-8(15)16)1-2-12(5-9(17)18)6-10(19)20;6-3-1-2-4(7)5(3)8/h1-6H2,(H,13,14)(H,15,16)(H,17,18)(H,19,20);8H,1-2H2. The summed E-state index contributed by atoms with van der Waals surface area (Å²) < 4.78 is 0. The van der Waals surface area contributed by atoms with Gasteiger partial charge in [-0.25, -0.2) is 0 Å². The molecule has 14 heteroatoms. The van der Waals surface area contributed by atoms with Gasteiger partial charge in [-0.05, 0) is 0 Å². The third-order valence-electron chi connectivity index (χ3n) is 3.19. The second-order valence-corrected chi connectivity index (χ2v) is 5.60. The Labute approximate surface area is 158 Å². The number of carbonyl (C=O) groups excluding carboxylic acids is 2. The molecule has 0 spiro atoms. The fourth-order valence-electron chi connectivity index (χ4n) is 2.04. The minimum Gasteiger partial charge on any atom is -0.480 e. The summed E-state index contributed by atoms with van der Waals surface area (Å²) in [4.78, 5) is 64.8. The van der Waals surface area contributed by atoms with Crippen LogP contribution in [0.4, 0.5) is 0 Å². The SMILES string of the molecule is O=C(O)CN(CCN(CC(=O)O)CC(=O)O)CC(=O)O.O=C1CCC(=O)N1O. The highest BCUT2D eigenvalue weighted by molar-refractivity contribution is 6.00. The van der Waals surface area contributed by atoms with E-state index in [1.807, 2.05) is 0 Å². The normalized spacial score (nSPS) is 13.5. The van der Waals surface area contributed by atoms with E-state index in [0.29, 0.717) is 0 Å². The zero-order chi connectivity index (χ0) is 21.9. The van der Waals surface area contributed by atoms with Crippen LogP contribution in [0.15, 0.2) is 0 Å². The largest absolute Gasteiger partial charge is 0.480 e. The highest BCUT2D eigenvalue weighted by atomic mass is 16.5. The molecule has 0 unspecified atom stereocenters. The van der Waals surface area contributed by atoms with E-state index in [1.165, 1.54) is 0 Å². The summed E-state index contributed by atoms with van der Waals surface area (Å²) in [5.41, 5.74) is 0. The number of rotatable bonds is 11. The molecule has 1 saturated heterocycles. The number of hydroxylamine groups is 2. The number of carbonyl (C=O) groups is 6. The van der Waals surface area contributed by atoms with E-state index < -0.39 is 61.9 Å². The van der Waals surface area contributed by atoms with Crippen molar-refractivity contribution in [3.05, 3.63) is 0 Å². The summed E-state index contributed by atoms with van der Waals surface area (Å²) in [5.74, 6) is -5.92. The van der Waals surface area contributed by atoms with Crippen LogP contribution in [-0.2, 0) is 28.8 Å². The molecule has 1 aliphatic heterocycles. The van der Waals surface area contributed by atoms with Crippen LogP contribution >= 0.6 is 0 Å². The first-order valence-electron chi connectivity index (χ1n) is 7.79. The van der Waals surface area contributed by atoms with Crippen LogP contribution in [0.3, 0.4) is 0 Å². The molecule has 0 radical (unpaired) electrons. The molecule has 0 bridgehead atoms. The first-order valence-corrected chi connectivity index (χ1v) is 7.79. The number of carboxylic acids is 4. The highest BCUT2D eigenvalue weighted by Crippen LogP contribution is 2.07. The fraction of sp³-hybridized carbons (Fsp3) is 0.571. The lowest BCUT2D eigenvalue weighted by Crippen LogP contribution is -2.43. The summed E-state index contributed by atoms with van der Waals surface area (Å²) >= 11 is 0. The summed E-state index contributed by atoms with van der Waals surface area (Å²) in [5, 5.41) is 43.0. The van der Waals surface area contributed by atoms with Crippen LogP contribution in [0.2, 0.25) is 0 Å². The maximum Gasteiger partial charge on any atom is 0.317 e. The van der Waals surface area contributed by atoms with Crippen LogP contribution < -0.4 is 0 Å². The molecule has 2 amide bonds. The number of imide groups is 1. The second kappa shape index (κ2) is 12.3. The molecule has 1 rings (SSSR count). The van der Waals surface area contributed by atoms with Crippen molar-refractivity contribution in [3.63, 3.8) is 0 Å². The van der Waals surface area contributed by atoms with E-state index in [0.717, 1.165) is 9.80 Å². The Hall–Kier alpha value is -3.10. The predicted octanol–water partition coefficient (Wildman–Crippen LogP) is -2.55. The molecule has 0 aromatic heterocycles. The first kappa shape index (κ1) is 24.9. The molecule has 0 aromatic carbocycles. The molecule has 1 aliphatic rings. The molecule has 0 aliphatic carbocycles. The maximum absolute atomic E-state index is 10.6. The molecule has 0 atom stereocenters. The minimum absolute atomic E-state index is 0.0703. The predicted molar refractivity (Wildman–Crippen MR) is 86.3 cm³/mol. The molecular formula is C14H21N3O11. The summed E-state index contributed by atoms with van der Waals surface area (Å²) in [6.45, 7) is -2.25. The number of hydrogen-bond acceptors (Lipinski definition) is 9. The van der Waals surface area contributed by atoms with Crippen LogP contribution in [-0.4, -0.2) is 115 Å². The Morgan fingerprint density at radius 2 is 0.929 bits per heavy atom. The molecule has 1 fully saturated rings. The molecule has 14 nitrogen and oxygen atoms in total. The smallest absolute Gasteiger partial charge is 0.317 e. The number of amides is 2. The van der Waals surface area contributed by atoms with Gasteiger partial charge in [-0.15, -0.1) is 0 Å². The van der Waals surface area contributed by atoms with Crippen molar-refractivity contribution >= 4 is 35.7 Å². The molecular weight excluding hydrogens is 386 g/mol. The van der Waals surface area contributed by atoms with Crippen molar-refractivity contribution in [2.24, 2.45) is 0 Å². The van der Waals surface area contributed by atoms with Crippen molar-refractivity contribution in [3.8, 4) is 0 Å². The maximum atomic E-state index is 10.6. The molecule has 0 saturated carbocycles. The monoisotopic (exact) mass is 407 g/mol. The second-order valence-electron chi connectivity index (χ2n) is 5.60. The fourth-order valence-corrected chi connectivity index (χ4v) is 2.04. The van der Waals surface area contributed by atoms with Gasteiger partial charge in [-0.3, -0.25) is 43.8 Å². The average molecular weight is 407 g/mol. The van der Waals surface area contributed by atoms with Gasteiger partial charge in [0.1, 0.15) is 0 Å². The average Bonchev–Trinajstić information content (AvgIpc) is 2.82. The van der Waals surface area contributed by atoms with Crippen LogP contribution in [0.1, 0.15) is 12.8 Å². The lowest BCUT2D eigenvalue weighted by Gasteiger charge is -2.23. The lowest BCUT2D eigenvalue weighted by molar-refractivity contribution is -0.171. The van der Waals surface area contributed by atoms with Gasteiger partial charge in [0.25, 0.3) is 11.8 Å². The van der Waals surface area contributed by atoms with Gasteiger partial charge in [0.15, 0.2) is 0 Å². The van der Waals surface area contributed by atoms with Crippen molar-refractivity contribution < 1.29 is 54.4 Å². The zero-order valence-electron chi connectivity index (χ0n) is 14.7. The van der Waals surface area contributed by atoms with Crippen LogP contribution in [0.25, 0.3) is 0 Å². The highest BCUT2D eigenvalue weighted by Gasteiger charge is 2.26. The van der Waals surface area contributed by atoms with E-state index in [9.17, 15) is 28.8 Å². The Kier molecular flexibility index (Phi) is 11.0. The summed E-state index contributed by atoms with van der Waals surface area (Å²) in [6.07, 6.45) is 0.296. The number of nitrogens with zero attached hydrogens (tertiary/aromatic N) is 3. The van der Waals surface area contributed by atoms with Gasteiger partial charge in [-0.2, -0.15) is 5.06 Å². The van der Waals surface area contributed by atoms with E-state index in [1.54, 1.807) is 0 Å². The van der Waals surface area contributed by atoms with Gasteiger partial charge < -0.3 is 20.4 Å². The van der Waals surface area contributed by atoms with Gasteiger partial charge in [0.2, 0.25) is 0 Å². The summed E-state index contributed by atoms with van der Waals surface area (Å²) in [7, 11) is 0. The summed E-state index contributed by atoms with van der Waals surface area (Å²) in [6, 6.07) is 0. The van der Waals surface area contributed by atoms with Gasteiger partial charge >= 0.3 is 23.9 Å². The van der Waals surface area contributed by atoms with E-state index >= 15 is 0 Å². The molecule has 28 heavy (non-hydrogen) atoms. The van der Waals surface area contributed by atoms with Gasteiger partial charge in [0, 0.05) is 25.9 Å². The topological polar surface area (TPSA) is 213 Å².